The van der Waals surface area contributed by atoms with Crippen molar-refractivity contribution in [3.05, 3.63) is 24.3 Å². The van der Waals surface area contributed by atoms with Gasteiger partial charge in [0.1, 0.15) is 5.75 Å². The highest BCUT2D eigenvalue weighted by atomic mass is 16.5. The molecule has 5 nitrogen and oxygen atoms in total. The van der Waals surface area contributed by atoms with Crippen LogP contribution in [0, 0.1) is 11.3 Å². The first kappa shape index (κ1) is 17.8. The summed E-state index contributed by atoms with van der Waals surface area (Å²) in [6, 6.07) is 7.46. The molecule has 2 aliphatic rings. The first-order valence-corrected chi connectivity index (χ1v) is 9.20. The first-order chi connectivity index (χ1) is 11.8. The topological polar surface area (TPSA) is 67.4 Å². The van der Waals surface area contributed by atoms with E-state index in [4.69, 9.17) is 4.74 Å². The number of anilines is 1. The van der Waals surface area contributed by atoms with Crippen molar-refractivity contribution in [2.75, 3.05) is 5.32 Å². The molecule has 1 aromatic rings. The van der Waals surface area contributed by atoms with Gasteiger partial charge in [-0.05, 0) is 36.3 Å². The molecule has 2 N–H and O–H groups in total. The number of nitrogens with one attached hydrogen (secondary N) is 2. The van der Waals surface area contributed by atoms with E-state index in [2.05, 4.69) is 31.4 Å². The first-order valence-electron chi connectivity index (χ1n) is 9.20. The Bertz CT molecular complexity index is 651. The van der Waals surface area contributed by atoms with E-state index in [0.29, 0.717) is 17.4 Å². The Hall–Kier alpha value is -2.04. The lowest BCUT2D eigenvalue weighted by Crippen LogP contribution is -2.48. The summed E-state index contributed by atoms with van der Waals surface area (Å²) in [5.74, 6) is 0.711. The Morgan fingerprint density at radius 2 is 1.96 bits per heavy atom. The summed E-state index contributed by atoms with van der Waals surface area (Å²) >= 11 is 0. The highest BCUT2D eigenvalue weighted by molar-refractivity contribution is 5.99. The third-order valence-electron chi connectivity index (χ3n) is 5.30. The van der Waals surface area contributed by atoms with Crippen molar-refractivity contribution < 1.29 is 14.3 Å². The quantitative estimate of drug-likeness (QED) is 0.882. The van der Waals surface area contributed by atoms with Crippen LogP contribution in [0.3, 0.4) is 0 Å². The number of carbonyl (C=O) groups is 2. The van der Waals surface area contributed by atoms with Crippen LogP contribution in [-0.2, 0) is 9.59 Å². The van der Waals surface area contributed by atoms with E-state index < -0.39 is 6.10 Å². The molecule has 1 aromatic carbocycles. The second-order valence-electron chi connectivity index (χ2n) is 8.23. The molecule has 1 fully saturated rings. The molecule has 0 spiro atoms. The minimum Gasteiger partial charge on any atom is -0.478 e. The molecule has 0 bridgehead atoms. The Kier molecular flexibility index (Phi) is 5.02. The van der Waals surface area contributed by atoms with Gasteiger partial charge >= 0.3 is 0 Å². The summed E-state index contributed by atoms with van der Waals surface area (Å²) in [4.78, 5) is 24.7. The molecule has 25 heavy (non-hydrogen) atoms. The van der Waals surface area contributed by atoms with E-state index in [1.54, 1.807) is 12.1 Å². The van der Waals surface area contributed by atoms with Crippen LogP contribution in [0.2, 0.25) is 0 Å². The molecule has 5 heteroatoms. The predicted octanol–water partition coefficient (Wildman–Crippen LogP) is 3.50. The fraction of sp³-hybridized carbons (Fsp3) is 0.600. The van der Waals surface area contributed by atoms with Crippen molar-refractivity contribution in [3.8, 4) is 5.75 Å². The van der Waals surface area contributed by atoms with Gasteiger partial charge in [-0.1, -0.05) is 45.7 Å². The van der Waals surface area contributed by atoms with Crippen LogP contribution < -0.4 is 15.4 Å². The van der Waals surface area contributed by atoms with Crippen LogP contribution >= 0.6 is 0 Å². The Morgan fingerprint density at radius 1 is 1.24 bits per heavy atom. The van der Waals surface area contributed by atoms with E-state index in [1.165, 1.54) is 6.42 Å². The van der Waals surface area contributed by atoms with Crippen LogP contribution in [0.15, 0.2) is 24.3 Å². The lowest BCUT2D eigenvalue weighted by atomic mass is 9.69. The fourth-order valence-corrected chi connectivity index (χ4v) is 4.00. The highest BCUT2D eigenvalue weighted by Gasteiger charge is 2.36. The molecule has 1 aliphatic carbocycles. The van der Waals surface area contributed by atoms with Crippen LogP contribution in [0.1, 0.15) is 52.9 Å². The summed E-state index contributed by atoms with van der Waals surface area (Å²) in [5, 5.41) is 5.98. The zero-order chi connectivity index (χ0) is 18.0. The molecule has 136 valence electrons. The van der Waals surface area contributed by atoms with Gasteiger partial charge in [-0.15, -0.1) is 0 Å². The number of rotatable bonds is 3. The van der Waals surface area contributed by atoms with E-state index in [1.807, 2.05) is 12.1 Å². The predicted molar refractivity (Wildman–Crippen MR) is 97.4 cm³/mol. The minimum absolute atomic E-state index is 0.0491. The van der Waals surface area contributed by atoms with Crippen LogP contribution in [0.25, 0.3) is 0 Å². The Morgan fingerprint density at radius 3 is 2.72 bits per heavy atom. The van der Waals surface area contributed by atoms with E-state index in [-0.39, 0.29) is 29.7 Å². The number of amides is 2. The molecule has 1 aliphatic heterocycles. The number of hydrogen-bond acceptors (Lipinski definition) is 3. The largest absolute Gasteiger partial charge is 0.478 e. The second-order valence-corrected chi connectivity index (χ2v) is 8.23. The number of benzene rings is 1. The zero-order valence-corrected chi connectivity index (χ0v) is 15.3. The van der Waals surface area contributed by atoms with Gasteiger partial charge in [-0.2, -0.15) is 0 Å². The van der Waals surface area contributed by atoms with Crippen molar-refractivity contribution in [2.24, 2.45) is 11.3 Å². The molecular formula is C20H28N2O3. The molecule has 3 unspecified atom stereocenters. The van der Waals surface area contributed by atoms with Gasteiger partial charge in [-0.3, -0.25) is 9.59 Å². The summed E-state index contributed by atoms with van der Waals surface area (Å²) in [6.45, 7) is 6.70. The lowest BCUT2D eigenvalue weighted by molar-refractivity contribution is -0.131. The minimum atomic E-state index is -0.772. The molecule has 3 rings (SSSR count). The van der Waals surface area contributed by atoms with Crippen LogP contribution in [0.5, 0.6) is 5.75 Å². The molecule has 0 aromatic heterocycles. The fourth-order valence-electron chi connectivity index (χ4n) is 4.00. The average Bonchev–Trinajstić information content (AvgIpc) is 2.55. The monoisotopic (exact) mass is 344 g/mol. The maximum absolute atomic E-state index is 12.5. The Balaban J connectivity index is 1.61. The average molecular weight is 344 g/mol. The van der Waals surface area contributed by atoms with Gasteiger partial charge < -0.3 is 15.4 Å². The third kappa shape index (κ3) is 4.14. The van der Waals surface area contributed by atoms with Crippen LogP contribution in [0.4, 0.5) is 5.69 Å². The normalized spacial score (nSPS) is 26.2. The standard InChI is InChI=1S/C20H28N2O3/c1-20(2,3)13-8-4-5-9-14(13)21-18(23)12-17-19(24)22-15-10-6-7-11-16(15)25-17/h6-7,10-11,13-14,17H,4-5,8-9,12H2,1-3H3,(H,21,23)(H,22,24). The molecule has 3 atom stereocenters. The summed E-state index contributed by atoms with van der Waals surface area (Å²) in [6.07, 6.45) is 3.79. The zero-order valence-electron chi connectivity index (χ0n) is 15.3. The smallest absolute Gasteiger partial charge is 0.266 e. The number of fused-ring (bicyclic) bond motifs is 1. The Labute approximate surface area is 149 Å². The molecule has 1 saturated carbocycles. The van der Waals surface area contributed by atoms with E-state index >= 15 is 0 Å². The van der Waals surface area contributed by atoms with Gasteiger partial charge in [0.15, 0.2) is 6.10 Å². The van der Waals surface area contributed by atoms with Gasteiger partial charge in [-0.25, -0.2) is 0 Å². The van der Waals surface area contributed by atoms with Crippen molar-refractivity contribution in [1.29, 1.82) is 0 Å². The molecule has 1 heterocycles. The maximum atomic E-state index is 12.5. The van der Waals surface area contributed by atoms with Crippen molar-refractivity contribution in [3.63, 3.8) is 0 Å². The number of para-hydroxylation sites is 2. The second kappa shape index (κ2) is 7.06. The third-order valence-corrected chi connectivity index (χ3v) is 5.30. The lowest BCUT2D eigenvalue weighted by Gasteiger charge is -2.41. The van der Waals surface area contributed by atoms with Crippen molar-refractivity contribution in [1.82, 2.24) is 5.32 Å². The van der Waals surface area contributed by atoms with E-state index in [0.717, 1.165) is 19.3 Å². The maximum Gasteiger partial charge on any atom is 0.266 e. The highest BCUT2D eigenvalue weighted by Crippen LogP contribution is 2.38. The van der Waals surface area contributed by atoms with Crippen molar-refractivity contribution in [2.45, 2.75) is 65.0 Å². The summed E-state index contributed by atoms with van der Waals surface area (Å²) < 4.78 is 5.73. The van der Waals surface area contributed by atoms with E-state index in [9.17, 15) is 9.59 Å². The van der Waals surface area contributed by atoms with Crippen molar-refractivity contribution >= 4 is 17.5 Å². The number of ether oxygens (including phenoxy) is 1. The van der Waals surface area contributed by atoms with Gasteiger partial charge in [0, 0.05) is 6.04 Å². The molecule has 0 radical (unpaired) electrons. The molecule has 2 amide bonds. The van der Waals surface area contributed by atoms with Crippen LogP contribution in [-0.4, -0.2) is 24.0 Å². The number of hydrogen-bond donors (Lipinski definition) is 2. The number of carbonyl (C=O) groups excluding carboxylic acids is 2. The van der Waals surface area contributed by atoms with Gasteiger partial charge in [0.05, 0.1) is 12.1 Å². The van der Waals surface area contributed by atoms with Gasteiger partial charge in [0.2, 0.25) is 5.91 Å². The molecule has 0 saturated heterocycles. The summed E-state index contributed by atoms with van der Waals surface area (Å²) in [7, 11) is 0. The summed E-state index contributed by atoms with van der Waals surface area (Å²) in [5.41, 5.74) is 0.819. The van der Waals surface area contributed by atoms with Gasteiger partial charge in [0.25, 0.3) is 5.91 Å². The SMILES string of the molecule is CC(C)(C)C1CCCCC1NC(=O)CC1Oc2ccccc2NC1=O. The molecular weight excluding hydrogens is 316 g/mol.